The van der Waals surface area contributed by atoms with E-state index in [0.29, 0.717) is 23.4 Å². The van der Waals surface area contributed by atoms with Gasteiger partial charge in [-0.1, -0.05) is 164 Å². The summed E-state index contributed by atoms with van der Waals surface area (Å²) in [5.41, 5.74) is 9.46. The van der Waals surface area contributed by atoms with Crippen molar-refractivity contribution in [2.24, 2.45) is 0 Å². The Morgan fingerprint density at radius 2 is 0.895 bits per heavy atom. The third kappa shape index (κ3) is 5.81. The third-order valence-corrected chi connectivity index (χ3v) is 10.7. The van der Waals surface area contributed by atoms with Crippen molar-refractivity contribution in [2.45, 2.75) is 0 Å². The molecular formula is C52H32N4O. The first-order valence-electron chi connectivity index (χ1n) is 19.0. The van der Waals surface area contributed by atoms with Gasteiger partial charge in [-0.25, -0.2) is 19.9 Å². The molecule has 0 saturated heterocycles. The van der Waals surface area contributed by atoms with Gasteiger partial charge in [0.1, 0.15) is 5.52 Å². The second-order valence-electron chi connectivity index (χ2n) is 14.2. The van der Waals surface area contributed by atoms with Crippen LogP contribution >= 0.6 is 0 Å². The quantitative estimate of drug-likeness (QED) is 0.171. The molecule has 2 aromatic heterocycles. The minimum absolute atomic E-state index is 0.584. The largest absolute Gasteiger partial charge is 0.435 e. The van der Waals surface area contributed by atoms with Crippen LogP contribution < -0.4 is 0 Å². The fourth-order valence-electron chi connectivity index (χ4n) is 7.98. The first kappa shape index (κ1) is 32.7. The van der Waals surface area contributed by atoms with Crippen molar-refractivity contribution >= 4 is 43.4 Å². The first-order valence-corrected chi connectivity index (χ1v) is 19.0. The van der Waals surface area contributed by atoms with Crippen molar-refractivity contribution < 1.29 is 4.42 Å². The molecule has 57 heavy (non-hydrogen) atoms. The van der Waals surface area contributed by atoms with Crippen molar-refractivity contribution in [1.29, 1.82) is 0 Å². The molecule has 0 aliphatic heterocycles. The average Bonchev–Trinajstić information content (AvgIpc) is 3.74. The lowest BCUT2D eigenvalue weighted by Gasteiger charge is -2.14. The van der Waals surface area contributed by atoms with Crippen LogP contribution in [0.25, 0.3) is 111 Å². The monoisotopic (exact) mass is 728 g/mol. The Hall–Kier alpha value is -7.76. The van der Waals surface area contributed by atoms with Crippen LogP contribution in [0, 0.1) is 0 Å². The minimum Gasteiger partial charge on any atom is -0.435 e. The highest BCUT2D eigenvalue weighted by Gasteiger charge is 2.20. The van der Waals surface area contributed by atoms with Crippen LogP contribution in [0.2, 0.25) is 0 Å². The fraction of sp³-hybridized carbons (Fsp3) is 0. The zero-order valence-electron chi connectivity index (χ0n) is 30.7. The van der Waals surface area contributed by atoms with Crippen LogP contribution in [0.3, 0.4) is 0 Å². The summed E-state index contributed by atoms with van der Waals surface area (Å²) in [5.74, 6) is 2.38. The van der Waals surface area contributed by atoms with E-state index in [1.54, 1.807) is 0 Å². The van der Waals surface area contributed by atoms with E-state index in [-0.39, 0.29) is 0 Å². The number of hydrogen-bond acceptors (Lipinski definition) is 5. The molecular weight excluding hydrogens is 697 g/mol. The summed E-state index contributed by atoms with van der Waals surface area (Å²) in [5, 5.41) is 6.73. The van der Waals surface area contributed by atoms with Crippen molar-refractivity contribution in [3.63, 3.8) is 0 Å². The van der Waals surface area contributed by atoms with Gasteiger partial charge in [0.15, 0.2) is 23.1 Å². The van der Waals surface area contributed by atoms with E-state index in [2.05, 4.69) is 152 Å². The van der Waals surface area contributed by atoms with E-state index in [9.17, 15) is 0 Å². The van der Waals surface area contributed by atoms with Gasteiger partial charge in [-0.2, -0.15) is 0 Å². The molecule has 0 aliphatic carbocycles. The molecule has 9 aromatic carbocycles. The first-order chi connectivity index (χ1) is 28.2. The molecule has 0 unspecified atom stereocenters. The van der Waals surface area contributed by atoms with Gasteiger partial charge in [-0.05, 0) is 79.5 Å². The maximum absolute atomic E-state index is 6.59. The molecule has 2 heterocycles. The van der Waals surface area contributed by atoms with Gasteiger partial charge in [0.2, 0.25) is 5.89 Å². The van der Waals surface area contributed by atoms with E-state index >= 15 is 0 Å². The fourth-order valence-corrected chi connectivity index (χ4v) is 7.98. The lowest BCUT2D eigenvalue weighted by Crippen LogP contribution is -2.01. The summed E-state index contributed by atoms with van der Waals surface area (Å²) in [6.07, 6.45) is 0. The van der Waals surface area contributed by atoms with Crippen LogP contribution in [0.5, 0.6) is 0 Å². The van der Waals surface area contributed by atoms with E-state index in [1.165, 1.54) is 10.8 Å². The van der Waals surface area contributed by atoms with E-state index in [0.717, 1.165) is 77.2 Å². The van der Waals surface area contributed by atoms with Crippen LogP contribution in [0.1, 0.15) is 0 Å². The molecule has 0 aliphatic rings. The molecule has 0 N–H and O–H groups in total. The molecule has 11 rings (SSSR count). The number of nitrogens with zero attached hydrogens (tertiary/aromatic N) is 4. The number of hydrogen-bond donors (Lipinski definition) is 0. The summed E-state index contributed by atoms with van der Waals surface area (Å²) in [4.78, 5) is 20.6. The second-order valence-corrected chi connectivity index (χ2v) is 14.2. The van der Waals surface area contributed by atoms with E-state index in [4.69, 9.17) is 24.4 Å². The van der Waals surface area contributed by atoms with Crippen LogP contribution in [0.15, 0.2) is 199 Å². The molecule has 0 spiro atoms. The lowest BCUT2D eigenvalue weighted by atomic mass is 9.93. The SMILES string of the molecule is c1ccc(-c2nc3ccc4cccc(-c5ccccc5-c5nc(-c6cccc(-c7cccc8ccccc78)c6)nc(-c6ccc7ccccc7c6)n5)c4c3o2)cc1. The zero-order valence-corrected chi connectivity index (χ0v) is 30.7. The Bertz CT molecular complexity index is 3310. The van der Waals surface area contributed by atoms with Crippen LogP contribution in [-0.2, 0) is 0 Å². The lowest BCUT2D eigenvalue weighted by molar-refractivity contribution is 0.623. The third-order valence-electron chi connectivity index (χ3n) is 10.7. The predicted molar refractivity (Wildman–Crippen MR) is 233 cm³/mol. The number of benzene rings is 9. The maximum Gasteiger partial charge on any atom is 0.227 e. The Morgan fingerprint density at radius 1 is 0.316 bits per heavy atom. The van der Waals surface area contributed by atoms with Gasteiger partial charge in [-0.15, -0.1) is 0 Å². The highest BCUT2D eigenvalue weighted by Crippen LogP contribution is 2.41. The van der Waals surface area contributed by atoms with Gasteiger partial charge in [0, 0.05) is 27.6 Å². The summed E-state index contributed by atoms with van der Waals surface area (Å²) < 4.78 is 6.59. The molecule has 0 amide bonds. The minimum atomic E-state index is 0.584. The van der Waals surface area contributed by atoms with Crippen LogP contribution in [0.4, 0.5) is 0 Å². The summed E-state index contributed by atoms with van der Waals surface area (Å²) in [6, 6.07) is 67.1. The van der Waals surface area contributed by atoms with Gasteiger partial charge in [-0.3, -0.25) is 0 Å². The van der Waals surface area contributed by atoms with Crippen LogP contribution in [-0.4, -0.2) is 19.9 Å². The molecule has 0 bridgehead atoms. The summed E-state index contributed by atoms with van der Waals surface area (Å²) in [7, 11) is 0. The van der Waals surface area contributed by atoms with E-state index < -0.39 is 0 Å². The summed E-state index contributed by atoms with van der Waals surface area (Å²) in [6.45, 7) is 0. The van der Waals surface area contributed by atoms with Crippen molar-refractivity contribution in [1.82, 2.24) is 19.9 Å². The maximum atomic E-state index is 6.59. The smallest absolute Gasteiger partial charge is 0.227 e. The van der Waals surface area contributed by atoms with Crippen molar-refractivity contribution in [3.8, 4) is 67.9 Å². The molecule has 0 atom stereocenters. The molecule has 266 valence electrons. The molecule has 0 fully saturated rings. The van der Waals surface area contributed by atoms with Gasteiger partial charge < -0.3 is 4.42 Å². The number of fused-ring (bicyclic) bond motifs is 5. The van der Waals surface area contributed by atoms with Gasteiger partial charge >= 0.3 is 0 Å². The molecule has 0 radical (unpaired) electrons. The number of oxazole rings is 1. The van der Waals surface area contributed by atoms with Gasteiger partial charge in [0.05, 0.1) is 0 Å². The average molecular weight is 729 g/mol. The second kappa shape index (κ2) is 13.5. The highest BCUT2D eigenvalue weighted by atomic mass is 16.3. The number of aromatic nitrogens is 4. The molecule has 5 nitrogen and oxygen atoms in total. The van der Waals surface area contributed by atoms with E-state index in [1.807, 2.05) is 42.5 Å². The molecule has 11 aromatic rings. The Balaban J connectivity index is 1.12. The Labute approximate surface area is 328 Å². The summed E-state index contributed by atoms with van der Waals surface area (Å²) >= 11 is 0. The predicted octanol–water partition coefficient (Wildman–Crippen LogP) is 13.5. The van der Waals surface area contributed by atoms with Crippen molar-refractivity contribution in [2.75, 3.05) is 0 Å². The normalized spacial score (nSPS) is 11.5. The van der Waals surface area contributed by atoms with Gasteiger partial charge in [0.25, 0.3) is 0 Å². The standard InChI is InChI=1S/C52H32N4O/c1-2-15-36(16-3-1)52-53-46-30-29-35-19-12-26-44(47(35)48(46)57-52)43-23-8-9-24-45(43)51-55-49(54-50(56-51)40-28-27-33-13-4-5-17-37(33)31-40)39-21-10-20-38(32-39)42-25-11-18-34-14-6-7-22-41(34)42/h1-32H. The highest BCUT2D eigenvalue weighted by molar-refractivity contribution is 6.12. The Kier molecular flexibility index (Phi) is 7.74. The van der Waals surface area contributed by atoms with Crippen molar-refractivity contribution in [3.05, 3.63) is 194 Å². The topological polar surface area (TPSA) is 64.7 Å². The molecule has 5 heteroatoms. The zero-order chi connectivity index (χ0) is 37.7. The Morgan fingerprint density at radius 3 is 1.75 bits per heavy atom. The number of rotatable bonds is 6. The molecule has 0 saturated carbocycles.